The number of rotatable bonds is 4. The van der Waals surface area contributed by atoms with Crippen LogP contribution in [0.15, 0.2) is 52.0 Å². The number of aryl methyl sites for hydroxylation is 2. The van der Waals surface area contributed by atoms with E-state index in [-0.39, 0.29) is 11.3 Å². The van der Waals surface area contributed by atoms with Crippen LogP contribution < -0.4 is 10.2 Å². The van der Waals surface area contributed by atoms with Gasteiger partial charge in [0.05, 0.1) is 11.3 Å². The Labute approximate surface area is 189 Å². The fourth-order valence-corrected chi connectivity index (χ4v) is 3.75. The molecule has 32 heavy (non-hydrogen) atoms. The molecule has 0 fully saturated rings. The van der Waals surface area contributed by atoms with Gasteiger partial charge in [-0.25, -0.2) is 14.6 Å². The summed E-state index contributed by atoms with van der Waals surface area (Å²) in [5.74, 6) is -0.868. The van der Waals surface area contributed by atoms with E-state index >= 15 is 0 Å². The predicted molar refractivity (Wildman–Crippen MR) is 118 cm³/mol. The fraction of sp³-hybridized carbons (Fsp3) is 0.208. The molecule has 1 aromatic heterocycles. The second-order valence-corrected chi connectivity index (χ2v) is 7.89. The third-order valence-corrected chi connectivity index (χ3v) is 5.69. The van der Waals surface area contributed by atoms with E-state index in [1.165, 1.54) is 18.2 Å². The molecule has 3 aromatic rings. The number of halogens is 2. The molecule has 8 heteroatoms. The Morgan fingerprint density at radius 3 is 2.69 bits per heavy atom. The van der Waals surface area contributed by atoms with Crippen molar-refractivity contribution in [2.24, 2.45) is 5.10 Å². The third-order valence-electron chi connectivity index (χ3n) is 5.26. The number of carbonyl (C=O) groups excluding carboxylic acids is 2. The molecule has 0 radical (unpaired) electrons. The zero-order valence-electron chi connectivity index (χ0n) is 17.5. The number of amides is 1. The van der Waals surface area contributed by atoms with E-state index in [0.29, 0.717) is 46.2 Å². The van der Waals surface area contributed by atoms with Crippen molar-refractivity contribution >= 4 is 29.2 Å². The Morgan fingerprint density at radius 1 is 1.16 bits per heavy atom. The van der Waals surface area contributed by atoms with Gasteiger partial charge in [-0.3, -0.25) is 4.79 Å². The maximum Gasteiger partial charge on any atom is 0.379 e. The van der Waals surface area contributed by atoms with E-state index in [2.05, 4.69) is 10.5 Å². The maximum atomic E-state index is 13.8. The van der Waals surface area contributed by atoms with Crippen molar-refractivity contribution < 1.29 is 23.1 Å². The molecule has 0 atom stereocenters. The molecule has 0 bridgehead atoms. The highest BCUT2D eigenvalue weighted by atomic mass is 35.5. The summed E-state index contributed by atoms with van der Waals surface area (Å²) in [7, 11) is 0. The molecular formula is C24H20ClFN2O4. The summed E-state index contributed by atoms with van der Waals surface area (Å²) in [5.41, 5.74) is 4.91. The van der Waals surface area contributed by atoms with Gasteiger partial charge in [-0.1, -0.05) is 23.7 Å². The second-order valence-electron chi connectivity index (χ2n) is 7.49. The largest absolute Gasteiger partial charge is 0.453 e. The first kappa shape index (κ1) is 21.8. The van der Waals surface area contributed by atoms with Crippen molar-refractivity contribution in [3.05, 3.63) is 87.1 Å². The van der Waals surface area contributed by atoms with Gasteiger partial charge in [0, 0.05) is 22.6 Å². The van der Waals surface area contributed by atoms with Crippen LogP contribution >= 0.6 is 11.6 Å². The monoisotopic (exact) mass is 454 g/mol. The standard InChI is InChI=1S/C24H20ClFN2O4/c1-13-12-15(10-11-17(13)25)31-24(30)22-14(2)21-19(8-5-9-20(21)32-22)27-28-23(29)16-6-3-4-7-18(16)26/h3-4,6-7,10-12H,5,8-9H2,1-2H3,(H,28,29)/b27-19+. The summed E-state index contributed by atoms with van der Waals surface area (Å²) in [6.45, 7) is 3.56. The van der Waals surface area contributed by atoms with Gasteiger partial charge in [-0.05, 0) is 62.6 Å². The fourth-order valence-electron chi connectivity index (χ4n) is 3.63. The number of carbonyl (C=O) groups is 2. The summed E-state index contributed by atoms with van der Waals surface area (Å²) in [4.78, 5) is 25.1. The van der Waals surface area contributed by atoms with Gasteiger partial charge < -0.3 is 9.15 Å². The maximum absolute atomic E-state index is 13.8. The van der Waals surface area contributed by atoms with E-state index in [9.17, 15) is 14.0 Å². The van der Waals surface area contributed by atoms with Crippen molar-refractivity contribution in [3.63, 3.8) is 0 Å². The van der Waals surface area contributed by atoms with Crippen LogP contribution in [0.25, 0.3) is 0 Å². The number of hydrazone groups is 1. The van der Waals surface area contributed by atoms with Crippen LogP contribution in [0, 0.1) is 19.7 Å². The molecule has 0 saturated heterocycles. The normalized spacial score (nSPS) is 14.2. The SMILES string of the molecule is Cc1cc(OC(=O)c2oc3c(c2C)/C(=N/NC(=O)c2ccccc2F)CCC3)ccc1Cl. The van der Waals surface area contributed by atoms with Crippen LogP contribution in [-0.4, -0.2) is 17.6 Å². The molecule has 2 aromatic carbocycles. The van der Waals surface area contributed by atoms with Crippen LogP contribution in [-0.2, 0) is 6.42 Å². The molecule has 0 aliphatic heterocycles. The van der Waals surface area contributed by atoms with Crippen LogP contribution in [0.5, 0.6) is 5.75 Å². The summed E-state index contributed by atoms with van der Waals surface area (Å²) in [5, 5.41) is 4.78. The first-order valence-corrected chi connectivity index (χ1v) is 10.5. The van der Waals surface area contributed by atoms with E-state index in [4.69, 9.17) is 20.8 Å². The van der Waals surface area contributed by atoms with Crippen molar-refractivity contribution in [3.8, 4) is 5.75 Å². The van der Waals surface area contributed by atoms with E-state index in [0.717, 1.165) is 12.0 Å². The summed E-state index contributed by atoms with van der Waals surface area (Å²) in [6, 6.07) is 10.6. The number of benzene rings is 2. The van der Waals surface area contributed by atoms with Gasteiger partial charge in [-0.15, -0.1) is 0 Å². The number of hydrogen-bond donors (Lipinski definition) is 1. The molecule has 6 nitrogen and oxygen atoms in total. The van der Waals surface area contributed by atoms with Gasteiger partial charge in [0.2, 0.25) is 5.76 Å². The number of furan rings is 1. The molecule has 1 aliphatic rings. The molecule has 4 rings (SSSR count). The Balaban J connectivity index is 1.57. The van der Waals surface area contributed by atoms with E-state index in [1.54, 1.807) is 31.2 Å². The first-order valence-electron chi connectivity index (χ1n) is 10.1. The lowest BCUT2D eigenvalue weighted by Crippen LogP contribution is -2.23. The minimum Gasteiger partial charge on any atom is -0.453 e. The second kappa shape index (κ2) is 8.96. The van der Waals surface area contributed by atoms with Crippen molar-refractivity contribution in [1.29, 1.82) is 0 Å². The third kappa shape index (κ3) is 4.29. The minimum absolute atomic E-state index is 0.0811. The Morgan fingerprint density at radius 2 is 1.94 bits per heavy atom. The number of esters is 1. The van der Waals surface area contributed by atoms with Crippen LogP contribution in [0.1, 0.15) is 56.2 Å². The molecule has 0 spiro atoms. The number of nitrogens with zero attached hydrogens (tertiary/aromatic N) is 1. The van der Waals surface area contributed by atoms with Crippen molar-refractivity contribution in [2.45, 2.75) is 33.1 Å². The Kier molecular flexibility index (Phi) is 6.10. The molecule has 1 amide bonds. The lowest BCUT2D eigenvalue weighted by atomic mass is 9.93. The van der Waals surface area contributed by atoms with E-state index in [1.807, 2.05) is 6.92 Å². The first-order chi connectivity index (χ1) is 15.3. The summed E-state index contributed by atoms with van der Waals surface area (Å²) < 4.78 is 25.1. The highest BCUT2D eigenvalue weighted by molar-refractivity contribution is 6.31. The van der Waals surface area contributed by atoms with Gasteiger partial charge in [0.15, 0.2) is 0 Å². The Hall–Kier alpha value is -3.45. The number of ether oxygens (including phenoxy) is 1. The highest BCUT2D eigenvalue weighted by Crippen LogP contribution is 2.31. The lowest BCUT2D eigenvalue weighted by molar-refractivity contribution is 0.0698. The quantitative estimate of drug-likeness (QED) is 0.326. The molecule has 0 saturated carbocycles. The van der Waals surface area contributed by atoms with Crippen LogP contribution in [0.4, 0.5) is 4.39 Å². The average Bonchev–Trinajstić information content (AvgIpc) is 3.12. The molecule has 1 N–H and O–H groups in total. The van der Waals surface area contributed by atoms with Gasteiger partial charge >= 0.3 is 5.97 Å². The summed E-state index contributed by atoms with van der Waals surface area (Å²) in [6.07, 6.45) is 1.94. The number of nitrogens with one attached hydrogen (secondary N) is 1. The average molecular weight is 455 g/mol. The highest BCUT2D eigenvalue weighted by Gasteiger charge is 2.29. The van der Waals surface area contributed by atoms with E-state index < -0.39 is 17.7 Å². The summed E-state index contributed by atoms with van der Waals surface area (Å²) >= 11 is 6.02. The molecule has 164 valence electrons. The van der Waals surface area contributed by atoms with Gasteiger partial charge in [-0.2, -0.15) is 5.10 Å². The number of hydrogen-bond acceptors (Lipinski definition) is 5. The smallest absolute Gasteiger partial charge is 0.379 e. The van der Waals surface area contributed by atoms with Gasteiger partial charge in [0.1, 0.15) is 17.3 Å². The van der Waals surface area contributed by atoms with Crippen molar-refractivity contribution in [1.82, 2.24) is 5.43 Å². The van der Waals surface area contributed by atoms with Crippen molar-refractivity contribution in [2.75, 3.05) is 0 Å². The molecule has 1 heterocycles. The molecular weight excluding hydrogens is 435 g/mol. The predicted octanol–water partition coefficient (Wildman–Crippen LogP) is 5.38. The molecule has 1 aliphatic carbocycles. The zero-order valence-corrected chi connectivity index (χ0v) is 18.3. The van der Waals surface area contributed by atoms with Crippen LogP contribution in [0.3, 0.4) is 0 Å². The van der Waals surface area contributed by atoms with Gasteiger partial charge in [0.25, 0.3) is 5.91 Å². The topological polar surface area (TPSA) is 80.9 Å². The molecule has 0 unspecified atom stereocenters. The minimum atomic E-state index is -0.651. The lowest BCUT2D eigenvalue weighted by Gasteiger charge is -2.13. The van der Waals surface area contributed by atoms with Crippen LogP contribution in [0.2, 0.25) is 5.02 Å². The number of fused-ring (bicyclic) bond motifs is 1. The Bertz CT molecular complexity index is 1250. The zero-order chi connectivity index (χ0) is 22.8.